The summed E-state index contributed by atoms with van der Waals surface area (Å²) in [6.45, 7) is 2.05. The highest BCUT2D eigenvalue weighted by molar-refractivity contribution is 6.30. The van der Waals surface area contributed by atoms with Crippen LogP contribution in [0, 0.1) is 11.7 Å². The van der Waals surface area contributed by atoms with E-state index in [2.05, 4.69) is 5.10 Å². The standard InChI is InChI=1S/C18H16ClFN2O2/c19-13-1-3-17-16(8-21-22(17)9-13)15-7-14(20)2-4-18(15)24-11-12-5-6-23-10-12/h1-4,7-9,12H,5-6,10-11H2. The summed E-state index contributed by atoms with van der Waals surface area (Å²) in [6, 6.07) is 8.21. The van der Waals surface area contributed by atoms with Crippen molar-refractivity contribution in [2.45, 2.75) is 6.42 Å². The zero-order valence-electron chi connectivity index (χ0n) is 12.9. The van der Waals surface area contributed by atoms with E-state index in [4.69, 9.17) is 21.1 Å². The van der Waals surface area contributed by atoms with Crippen molar-refractivity contribution < 1.29 is 13.9 Å². The highest BCUT2D eigenvalue weighted by Crippen LogP contribution is 2.34. The lowest BCUT2D eigenvalue weighted by Gasteiger charge is -2.14. The number of benzene rings is 1. The normalized spacial score (nSPS) is 17.5. The predicted molar refractivity (Wildman–Crippen MR) is 90.0 cm³/mol. The van der Waals surface area contributed by atoms with E-state index < -0.39 is 0 Å². The average molecular weight is 347 g/mol. The molecule has 3 heterocycles. The van der Waals surface area contributed by atoms with Gasteiger partial charge in [-0.2, -0.15) is 5.10 Å². The van der Waals surface area contributed by atoms with Crippen LogP contribution < -0.4 is 4.74 Å². The zero-order valence-corrected chi connectivity index (χ0v) is 13.7. The van der Waals surface area contributed by atoms with E-state index in [1.165, 1.54) is 12.1 Å². The fraction of sp³-hybridized carbons (Fsp3) is 0.278. The van der Waals surface area contributed by atoms with Crippen molar-refractivity contribution in [1.82, 2.24) is 9.61 Å². The van der Waals surface area contributed by atoms with Crippen molar-refractivity contribution in [3.63, 3.8) is 0 Å². The van der Waals surface area contributed by atoms with Crippen LogP contribution in [0.1, 0.15) is 6.42 Å². The number of nitrogens with zero attached hydrogens (tertiary/aromatic N) is 2. The van der Waals surface area contributed by atoms with Gasteiger partial charge in [-0.25, -0.2) is 8.91 Å². The van der Waals surface area contributed by atoms with Crippen LogP contribution in [0.2, 0.25) is 5.02 Å². The van der Waals surface area contributed by atoms with Gasteiger partial charge in [-0.1, -0.05) is 11.6 Å². The van der Waals surface area contributed by atoms with Crippen molar-refractivity contribution in [3.8, 4) is 16.9 Å². The van der Waals surface area contributed by atoms with Crippen molar-refractivity contribution in [3.05, 3.63) is 53.6 Å². The number of aromatic nitrogens is 2. The number of fused-ring (bicyclic) bond motifs is 1. The molecule has 0 N–H and O–H groups in total. The summed E-state index contributed by atoms with van der Waals surface area (Å²) in [6.07, 6.45) is 4.41. The van der Waals surface area contributed by atoms with Gasteiger partial charge in [0.15, 0.2) is 0 Å². The molecule has 2 aromatic heterocycles. The number of halogens is 2. The molecule has 4 rings (SSSR count). The van der Waals surface area contributed by atoms with Crippen LogP contribution in [0.5, 0.6) is 5.75 Å². The van der Waals surface area contributed by atoms with Gasteiger partial charge < -0.3 is 9.47 Å². The van der Waals surface area contributed by atoms with Crippen LogP contribution in [-0.4, -0.2) is 29.4 Å². The van der Waals surface area contributed by atoms with E-state index in [0.717, 1.165) is 24.1 Å². The minimum atomic E-state index is -0.310. The fourth-order valence-electron chi connectivity index (χ4n) is 2.93. The Morgan fingerprint density at radius 3 is 3.04 bits per heavy atom. The van der Waals surface area contributed by atoms with Gasteiger partial charge in [0.1, 0.15) is 11.6 Å². The van der Waals surface area contributed by atoms with Crippen LogP contribution in [0.4, 0.5) is 4.39 Å². The van der Waals surface area contributed by atoms with Crippen LogP contribution >= 0.6 is 11.6 Å². The molecule has 1 aliphatic rings. The first-order chi connectivity index (χ1) is 11.7. The van der Waals surface area contributed by atoms with Gasteiger partial charge in [-0.05, 0) is 36.8 Å². The highest BCUT2D eigenvalue weighted by atomic mass is 35.5. The molecule has 124 valence electrons. The fourth-order valence-corrected chi connectivity index (χ4v) is 3.08. The highest BCUT2D eigenvalue weighted by Gasteiger charge is 2.18. The lowest BCUT2D eigenvalue weighted by atomic mass is 10.1. The molecular weight excluding hydrogens is 331 g/mol. The lowest BCUT2D eigenvalue weighted by molar-refractivity contribution is 0.167. The number of rotatable bonds is 4. The topological polar surface area (TPSA) is 35.8 Å². The lowest BCUT2D eigenvalue weighted by Crippen LogP contribution is -2.12. The largest absolute Gasteiger partial charge is 0.493 e. The van der Waals surface area contributed by atoms with Gasteiger partial charge in [0, 0.05) is 29.8 Å². The molecule has 24 heavy (non-hydrogen) atoms. The Morgan fingerprint density at radius 1 is 1.29 bits per heavy atom. The number of hydrogen-bond acceptors (Lipinski definition) is 3. The minimum absolute atomic E-state index is 0.310. The van der Waals surface area contributed by atoms with Crippen LogP contribution in [0.3, 0.4) is 0 Å². The molecule has 6 heteroatoms. The molecular formula is C18H16ClFN2O2. The summed E-state index contributed by atoms with van der Waals surface area (Å²) < 4.78 is 26.8. The number of pyridine rings is 1. The second-order valence-electron chi connectivity index (χ2n) is 5.92. The average Bonchev–Trinajstić information content (AvgIpc) is 3.22. The van der Waals surface area contributed by atoms with Crippen molar-refractivity contribution >= 4 is 17.1 Å². The Labute approximate surface area is 143 Å². The molecule has 0 spiro atoms. The van der Waals surface area contributed by atoms with Gasteiger partial charge in [0.05, 0.1) is 29.9 Å². The molecule has 0 aliphatic carbocycles. The first kappa shape index (κ1) is 15.4. The molecule has 4 nitrogen and oxygen atoms in total. The van der Waals surface area contributed by atoms with Gasteiger partial charge in [0.25, 0.3) is 0 Å². The van der Waals surface area contributed by atoms with E-state index in [1.54, 1.807) is 29.0 Å². The molecule has 1 aromatic carbocycles. The second kappa shape index (κ2) is 6.42. The Balaban J connectivity index is 1.71. The van der Waals surface area contributed by atoms with E-state index in [-0.39, 0.29) is 5.82 Å². The van der Waals surface area contributed by atoms with E-state index in [0.29, 0.717) is 35.5 Å². The third-order valence-corrected chi connectivity index (χ3v) is 4.43. The minimum Gasteiger partial charge on any atom is -0.493 e. The summed E-state index contributed by atoms with van der Waals surface area (Å²) in [5.74, 6) is 0.716. The Morgan fingerprint density at radius 2 is 2.21 bits per heavy atom. The summed E-state index contributed by atoms with van der Waals surface area (Å²) in [5, 5.41) is 4.89. The van der Waals surface area contributed by atoms with E-state index in [9.17, 15) is 4.39 Å². The first-order valence-electron chi connectivity index (χ1n) is 7.84. The first-order valence-corrected chi connectivity index (χ1v) is 8.22. The van der Waals surface area contributed by atoms with Crippen LogP contribution in [0.25, 0.3) is 16.6 Å². The molecule has 1 atom stereocenters. The Bertz CT molecular complexity index is 875. The molecule has 0 amide bonds. The third kappa shape index (κ3) is 2.97. The molecule has 1 unspecified atom stereocenters. The summed E-state index contributed by atoms with van der Waals surface area (Å²) >= 11 is 6.00. The zero-order chi connectivity index (χ0) is 16.5. The van der Waals surface area contributed by atoms with Gasteiger partial charge in [0.2, 0.25) is 0 Å². The molecule has 1 aliphatic heterocycles. The summed E-state index contributed by atoms with van der Waals surface area (Å²) in [4.78, 5) is 0. The molecule has 0 saturated carbocycles. The van der Waals surface area contributed by atoms with Crippen LogP contribution in [0.15, 0.2) is 42.7 Å². The molecule has 3 aromatic rings. The maximum absolute atomic E-state index is 13.8. The second-order valence-corrected chi connectivity index (χ2v) is 6.35. The van der Waals surface area contributed by atoms with Gasteiger partial charge in [-0.15, -0.1) is 0 Å². The maximum Gasteiger partial charge on any atom is 0.127 e. The summed E-state index contributed by atoms with van der Waals surface area (Å²) in [7, 11) is 0. The molecule has 1 saturated heterocycles. The van der Waals surface area contributed by atoms with E-state index in [1.807, 2.05) is 6.07 Å². The number of ether oxygens (including phenoxy) is 2. The smallest absolute Gasteiger partial charge is 0.127 e. The van der Waals surface area contributed by atoms with Crippen molar-refractivity contribution in [2.24, 2.45) is 5.92 Å². The van der Waals surface area contributed by atoms with Gasteiger partial charge in [-0.3, -0.25) is 0 Å². The van der Waals surface area contributed by atoms with Crippen molar-refractivity contribution in [2.75, 3.05) is 19.8 Å². The predicted octanol–water partition coefficient (Wildman–Crippen LogP) is 4.21. The monoisotopic (exact) mass is 346 g/mol. The maximum atomic E-state index is 13.8. The number of hydrogen-bond donors (Lipinski definition) is 0. The van der Waals surface area contributed by atoms with Crippen molar-refractivity contribution in [1.29, 1.82) is 0 Å². The Hall–Kier alpha value is -2.11. The SMILES string of the molecule is Fc1ccc(OCC2CCOC2)c(-c2cnn3cc(Cl)ccc23)c1. The molecule has 1 fully saturated rings. The molecule has 0 bridgehead atoms. The van der Waals surface area contributed by atoms with Gasteiger partial charge >= 0.3 is 0 Å². The quantitative estimate of drug-likeness (QED) is 0.710. The van der Waals surface area contributed by atoms with E-state index >= 15 is 0 Å². The van der Waals surface area contributed by atoms with Crippen LogP contribution in [-0.2, 0) is 4.74 Å². The molecule has 0 radical (unpaired) electrons. The summed E-state index contributed by atoms with van der Waals surface area (Å²) in [5.41, 5.74) is 2.34. The third-order valence-electron chi connectivity index (χ3n) is 4.21. The Kier molecular flexibility index (Phi) is 4.12.